The standard InChI is InChI=1S/C12H20N4O2S.HI/c1-3-9(2)16-12(13)15-8-10-5-4-6-11(7-10)19(14,17)18;/h4-7,9H,3,8H2,1-2H3,(H3,13,15,16)(H2,14,17,18);1H. The van der Waals surface area contributed by atoms with Gasteiger partial charge < -0.3 is 11.1 Å². The first-order valence-corrected chi connectivity index (χ1v) is 7.55. The fraction of sp³-hybridized carbons (Fsp3) is 0.417. The number of rotatable bonds is 5. The number of guanidine groups is 1. The fourth-order valence-corrected chi connectivity index (χ4v) is 1.98. The van der Waals surface area contributed by atoms with Gasteiger partial charge in [-0.15, -0.1) is 24.0 Å². The van der Waals surface area contributed by atoms with Gasteiger partial charge in [-0.05, 0) is 31.0 Å². The van der Waals surface area contributed by atoms with Gasteiger partial charge in [0.05, 0.1) is 11.4 Å². The average Bonchev–Trinajstić information content (AvgIpc) is 2.35. The molecule has 0 bridgehead atoms. The summed E-state index contributed by atoms with van der Waals surface area (Å²) in [5, 5.41) is 8.09. The van der Waals surface area contributed by atoms with Crippen molar-refractivity contribution in [2.75, 3.05) is 0 Å². The molecule has 0 fully saturated rings. The third-order valence-electron chi connectivity index (χ3n) is 2.67. The van der Waals surface area contributed by atoms with E-state index in [0.29, 0.717) is 12.5 Å². The number of benzene rings is 1. The maximum Gasteiger partial charge on any atom is 0.238 e. The van der Waals surface area contributed by atoms with Gasteiger partial charge in [-0.1, -0.05) is 19.1 Å². The molecule has 5 N–H and O–H groups in total. The van der Waals surface area contributed by atoms with Crippen LogP contribution in [0.15, 0.2) is 34.2 Å². The van der Waals surface area contributed by atoms with Crippen LogP contribution in [0.1, 0.15) is 25.8 Å². The Kier molecular flexibility index (Phi) is 8.06. The number of hydrogen-bond donors (Lipinski definition) is 3. The number of nitrogens with one attached hydrogen (secondary N) is 1. The molecule has 0 aliphatic rings. The van der Waals surface area contributed by atoms with Crippen molar-refractivity contribution in [1.29, 1.82) is 0 Å². The number of halogens is 1. The van der Waals surface area contributed by atoms with Gasteiger partial charge in [-0.25, -0.2) is 18.5 Å². The normalized spacial score (nSPS) is 13.4. The van der Waals surface area contributed by atoms with E-state index in [1.165, 1.54) is 12.1 Å². The molecule has 0 aromatic heterocycles. The van der Waals surface area contributed by atoms with Gasteiger partial charge in [-0.2, -0.15) is 0 Å². The second-order valence-electron chi connectivity index (χ2n) is 4.35. The predicted octanol–water partition coefficient (Wildman–Crippen LogP) is 1.15. The lowest BCUT2D eigenvalue weighted by molar-refractivity contribution is 0.597. The summed E-state index contributed by atoms with van der Waals surface area (Å²) in [4.78, 5) is 4.23. The second kappa shape index (κ2) is 8.42. The van der Waals surface area contributed by atoms with Crippen LogP contribution in [0.3, 0.4) is 0 Å². The molecule has 1 unspecified atom stereocenters. The van der Waals surface area contributed by atoms with Crippen molar-refractivity contribution in [3.8, 4) is 0 Å². The van der Waals surface area contributed by atoms with E-state index in [9.17, 15) is 8.42 Å². The first kappa shape index (κ1) is 19.1. The van der Waals surface area contributed by atoms with Gasteiger partial charge in [-0.3, -0.25) is 0 Å². The van der Waals surface area contributed by atoms with Gasteiger partial charge in [0.15, 0.2) is 5.96 Å². The maximum absolute atomic E-state index is 11.2. The number of primary sulfonamides is 1. The summed E-state index contributed by atoms with van der Waals surface area (Å²) in [6.07, 6.45) is 0.942. The molecular formula is C12H21IN4O2S. The van der Waals surface area contributed by atoms with Crippen LogP contribution >= 0.6 is 24.0 Å². The molecule has 0 amide bonds. The molecule has 114 valence electrons. The molecule has 1 aromatic carbocycles. The van der Waals surface area contributed by atoms with Crippen LogP contribution < -0.4 is 16.2 Å². The zero-order chi connectivity index (χ0) is 14.5. The third kappa shape index (κ3) is 6.53. The van der Waals surface area contributed by atoms with Crippen molar-refractivity contribution in [3.63, 3.8) is 0 Å². The highest BCUT2D eigenvalue weighted by molar-refractivity contribution is 14.0. The van der Waals surface area contributed by atoms with E-state index in [-0.39, 0.29) is 34.9 Å². The van der Waals surface area contributed by atoms with Crippen molar-refractivity contribution in [1.82, 2.24) is 5.32 Å². The zero-order valence-electron chi connectivity index (χ0n) is 11.5. The molecule has 1 aromatic rings. The van der Waals surface area contributed by atoms with Crippen LogP contribution in [0.4, 0.5) is 0 Å². The summed E-state index contributed by atoms with van der Waals surface area (Å²) in [7, 11) is -3.68. The molecule has 0 aliphatic carbocycles. The first-order valence-electron chi connectivity index (χ1n) is 6.01. The molecule has 0 saturated heterocycles. The van der Waals surface area contributed by atoms with Gasteiger partial charge in [0, 0.05) is 6.04 Å². The van der Waals surface area contributed by atoms with E-state index in [4.69, 9.17) is 10.9 Å². The van der Waals surface area contributed by atoms with Crippen molar-refractivity contribution >= 4 is 40.0 Å². The first-order chi connectivity index (χ1) is 8.82. The smallest absolute Gasteiger partial charge is 0.238 e. The maximum atomic E-state index is 11.2. The molecule has 8 heteroatoms. The van der Waals surface area contributed by atoms with Crippen LogP contribution in [0.2, 0.25) is 0 Å². The van der Waals surface area contributed by atoms with Crippen LogP contribution in [0, 0.1) is 0 Å². The number of nitrogens with two attached hydrogens (primary N) is 2. The lowest BCUT2D eigenvalue weighted by atomic mass is 10.2. The highest BCUT2D eigenvalue weighted by atomic mass is 127. The van der Waals surface area contributed by atoms with E-state index in [1.807, 2.05) is 13.8 Å². The number of hydrogen-bond acceptors (Lipinski definition) is 3. The highest BCUT2D eigenvalue weighted by Crippen LogP contribution is 2.10. The Morgan fingerprint density at radius 3 is 2.65 bits per heavy atom. The lowest BCUT2D eigenvalue weighted by Gasteiger charge is -2.11. The van der Waals surface area contributed by atoms with Crippen LogP contribution in [-0.4, -0.2) is 20.4 Å². The van der Waals surface area contributed by atoms with Gasteiger partial charge in [0.1, 0.15) is 0 Å². The third-order valence-corrected chi connectivity index (χ3v) is 3.58. The molecule has 0 heterocycles. The van der Waals surface area contributed by atoms with Crippen molar-refractivity contribution in [2.45, 2.75) is 37.8 Å². The number of nitrogens with zero attached hydrogens (tertiary/aromatic N) is 1. The molecule has 1 rings (SSSR count). The number of sulfonamides is 1. The van der Waals surface area contributed by atoms with E-state index in [2.05, 4.69) is 10.3 Å². The van der Waals surface area contributed by atoms with Crippen molar-refractivity contribution < 1.29 is 8.42 Å². The summed E-state index contributed by atoms with van der Waals surface area (Å²) in [6, 6.07) is 6.59. The molecular weight excluding hydrogens is 391 g/mol. The SMILES string of the molecule is CCC(C)NC(N)=NCc1cccc(S(N)(=O)=O)c1.I. The molecule has 0 aliphatic heterocycles. The van der Waals surface area contributed by atoms with Crippen molar-refractivity contribution in [3.05, 3.63) is 29.8 Å². The second-order valence-corrected chi connectivity index (χ2v) is 5.91. The lowest BCUT2D eigenvalue weighted by Crippen LogP contribution is -2.38. The van der Waals surface area contributed by atoms with E-state index >= 15 is 0 Å². The molecule has 20 heavy (non-hydrogen) atoms. The monoisotopic (exact) mass is 412 g/mol. The Morgan fingerprint density at radius 1 is 1.45 bits per heavy atom. The minimum atomic E-state index is -3.68. The minimum absolute atomic E-state index is 0. The van der Waals surface area contributed by atoms with Crippen molar-refractivity contribution in [2.24, 2.45) is 15.9 Å². The minimum Gasteiger partial charge on any atom is -0.370 e. The Hall–Kier alpha value is -0.870. The molecule has 1 atom stereocenters. The summed E-state index contributed by atoms with van der Waals surface area (Å²) >= 11 is 0. The summed E-state index contributed by atoms with van der Waals surface area (Å²) < 4.78 is 22.4. The quantitative estimate of drug-likeness (QED) is 0.383. The molecule has 0 spiro atoms. The van der Waals surface area contributed by atoms with Gasteiger partial charge >= 0.3 is 0 Å². The van der Waals surface area contributed by atoms with E-state index in [0.717, 1.165) is 12.0 Å². The Bertz CT molecular complexity index is 560. The Balaban J connectivity index is 0.00000361. The Labute approximate surface area is 137 Å². The average molecular weight is 412 g/mol. The summed E-state index contributed by atoms with van der Waals surface area (Å²) in [5.41, 5.74) is 6.45. The largest absolute Gasteiger partial charge is 0.370 e. The van der Waals surface area contributed by atoms with E-state index in [1.54, 1.807) is 12.1 Å². The molecule has 6 nitrogen and oxygen atoms in total. The zero-order valence-corrected chi connectivity index (χ0v) is 14.7. The molecule has 0 radical (unpaired) electrons. The van der Waals surface area contributed by atoms with E-state index < -0.39 is 10.0 Å². The topological polar surface area (TPSA) is 111 Å². The van der Waals surface area contributed by atoms with Crippen LogP contribution in [0.5, 0.6) is 0 Å². The van der Waals surface area contributed by atoms with Gasteiger partial charge in [0.2, 0.25) is 10.0 Å². The van der Waals surface area contributed by atoms with Crippen LogP contribution in [-0.2, 0) is 16.6 Å². The summed E-state index contributed by atoms with van der Waals surface area (Å²) in [6.45, 7) is 4.35. The molecule has 0 saturated carbocycles. The van der Waals surface area contributed by atoms with Crippen LogP contribution in [0.25, 0.3) is 0 Å². The fourth-order valence-electron chi connectivity index (χ4n) is 1.40. The highest BCUT2D eigenvalue weighted by Gasteiger charge is 2.07. The summed E-state index contributed by atoms with van der Waals surface area (Å²) in [5.74, 6) is 0.343. The Morgan fingerprint density at radius 2 is 2.10 bits per heavy atom. The number of aliphatic imine (C=N–C) groups is 1. The predicted molar refractivity (Wildman–Crippen MR) is 91.4 cm³/mol. The van der Waals surface area contributed by atoms with Gasteiger partial charge in [0.25, 0.3) is 0 Å².